The second-order valence-electron chi connectivity index (χ2n) is 5.81. The molecule has 0 aromatic heterocycles. The first-order valence-electron chi connectivity index (χ1n) is 7.90. The van der Waals surface area contributed by atoms with E-state index in [2.05, 4.69) is 44.2 Å². The van der Waals surface area contributed by atoms with E-state index in [4.69, 9.17) is 9.47 Å². The number of nitrogens with one attached hydrogen (secondary N) is 1. The molecule has 1 N–H and O–H groups in total. The second-order valence-corrected chi connectivity index (χ2v) is 5.81. The van der Waals surface area contributed by atoms with Gasteiger partial charge in [0.05, 0.1) is 17.2 Å². The van der Waals surface area contributed by atoms with Crippen LogP contribution in [0, 0.1) is 0 Å². The van der Waals surface area contributed by atoms with Crippen molar-refractivity contribution < 1.29 is 9.47 Å². The summed E-state index contributed by atoms with van der Waals surface area (Å²) in [5.74, 6) is 2.05. The van der Waals surface area contributed by atoms with E-state index in [1.807, 2.05) is 25.2 Å². The van der Waals surface area contributed by atoms with Gasteiger partial charge in [-0.1, -0.05) is 20.1 Å². The van der Waals surface area contributed by atoms with Gasteiger partial charge in [0.25, 0.3) is 0 Å². The lowest BCUT2D eigenvalue weighted by molar-refractivity contribution is 0.275. The normalized spacial score (nSPS) is 17.1. The van der Waals surface area contributed by atoms with E-state index in [0.717, 1.165) is 29.3 Å². The lowest BCUT2D eigenvalue weighted by Gasteiger charge is -2.13. The Morgan fingerprint density at radius 3 is 2.61 bits per heavy atom. The van der Waals surface area contributed by atoms with E-state index >= 15 is 0 Å². The molecule has 0 spiro atoms. The maximum absolute atomic E-state index is 5.43. The molecule has 4 nitrogen and oxygen atoms in total. The number of ether oxygens (including phenoxy) is 2. The summed E-state index contributed by atoms with van der Waals surface area (Å²) in [6.07, 6.45) is 6.66. The van der Waals surface area contributed by atoms with Crippen LogP contribution in [0.2, 0.25) is 0 Å². The summed E-state index contributed by atoms with van der Waals surface area (Å²) < 4.78 is 10.8. The molecule has 0 radical (unpaired) electrons. The standard InChI is InChI=1S/C19H28N2O2/c1-8-17(21-19-9-15(6)22-12-19)11-18(20-13(2)3)10-16(7)23-14(4)5/h9-11,13,20H,4,7-8,12H2,1-3,5-6H3/b17-11-,18-10-,21-19?. The van der Waals surface area contributed by atoms with Gasteiger partial charge in [-0.3, -0.25) is 4.99 Å². The van der Waals surface area contributed by atoms with Crippen LogP contribution in [0.1, 0.15) is 41.0 Å². The topological polar surface area (TPSA) is 42.9 Å². The molecule has 0 saturated carbocycles. The molecular weight excluding hydrogens is 288 g/mol. The fourth-order valence-electron chi connectivity index (χ4n) is 2.03. The molecule has 0 fully saturated rings. The van der Waals surface area contributed by atoms with Gasteiger partial charge in [-0.2, -0.15) is 0 Å². The van der Waals surface area contributed by atoms with E-state index in [1.54, 1.807) is 6.92 Å². The van der Waals surface area contributed by atoms with Crippen LogP contribution < -0.4 is 5.32 Å². The molecule has 0 saturated heterocycles. The summed E-state index contributed by atoms with van der Waals surface area (Å²) in [7, 11) is 0. The van der Waals surface area contributed by atoms with Gasteiger partial charge in [0.1, 0.15) is 12.4 Å². The average Bonchev–Trinajstić information content (AvgIpc) is 2.81. The summed E-state index contributed by atoms with van der Waals surface area (Å²) in [6, 6.07) is 0.290. The largest absolute Gasteiger partial charge is 0.492 e. The van der Waals surface area contributed by atoms with Crippen molar-refractivity contribution in [2.24, 2.45) is 4.99 Å². The maximum atomic E-state index is 5.43. The van der Waals surface area contributed by atoms with Gasteiger partial charge < -0.3 is 14.8 Å². The van der Waals surface area contributed by atoms with Crippen molar-refractivity contribution in [3.05, 3.63) is 60.1 Å². The van der Waals surface area contributed by atoms with Crippen LogP contribution in [0.25, 0.3) is 0 Å². The predicted molar refractivity (Wildman–Crippen MR) is 96.9 cm³/mol. The van der Waals surface area contributed by atoms with Gasteiger partial charge in [-0.15, -0.1) is 0 Å². The van der Waals surface area contributed by atoms with E-state index in [-0.39, 0.29) is 6.04 Å². The molecule has 0 bridgehead atoms. The zero-order valence-corrected chi connectivity index (χ0v) is 14.9. The highest BCUT2D eigenvalue weighted by molar-refractivity contribution is 5.98. The van der Waals surface area contributed by atoms with Crippen molar-refractivity contribution in [3.63, 3.8) is 0 Å². The molecule has 1 rings (SSSR count). The summed E-state index contributed by atoms with van der Waals surface area (Å²) >= 11 is 0. The third kappa shape index (κ3) is 7.54. The highest BCUT2D eigenvalue weighted by Gasteiger charge is 2.08. The Morgan fingerprint density at radius 1 is 1.43 bits per heavy atom. The van der Waals surface area contributed by atoms with Gasteiger partial charge >= 0.3 is 0 Å². The summed E-state index contributed by atoms with van der Waals surface area (Å²) in [5.41, 5.74) is 2.82. The Balaban J connectivity index is 3.02. The lowest BCUT2D eigenvalue weighted by Crippen LogP contribution is -2.21. The number of nitrogens with zero attached hydrogens (tertiary/aromatic N) is 1. The first-order chi connectivity index (χ1) is 10.8. The molecule has 0 unspecified atom stereocenters. The molecule has 4 heteroatoms. The van der Waals surface area contributed by atoms with E-state index in [0.29, 0.717) is 18.1 Å². The monoisotopic (exact) mass is 316 g/mol. The molecule has 1 aliphatic heterocycles. The van der Waals surface area contributed by atoms with Crippen LogP contribution in [-0.4, -0.2) is 18.4 Å². The van der Waals surface area contributed by atoms with Gasteiger partial charge in [-0.25, -0.2) is 0 Å². The van der Waals surface area contributed by atoms with Crippen molar-refractivity contribution in [2.75, 3.05) is 6.61 Å². The quantitative estimate of drug-likeness (QED) is 0.525. The zero-order chi connectivity index (χ0) is 17.4. The molecule has 0 aliphatic carbocycles. The van der Waals surface area contributed by atoms with Crippen LogP contribution in [0.3, 0.4) is 0 Å². The second kappa shape index (κ2) is 9.03. The predicted octanol–water partition coefficient (Wildman–Crippen LogP) is 4.60. The Hall–Kier alpha value is -2.23. The van der Waals surface area contributed by atoms with Crippen LogP contribution in [-0.2, 0) is 9.47 Å². The zero-order valence-electron chi connectivity index (χ0n) is 14.9. The minimum Gasteiger partial charge on any atom is -0.492 e. The van der Waals surface area contributed by atoms with Crippen molar-refractivity contribution >= 4 is 5.71 Å². The fraction of sp³-hybridized carbons (Fsp3) is 0.421. The SMILES string of the molecule is C=C(C)OC(=C)/C=C(/C=C(/CC)N=C1C=C(C)OC1)NC(C)C. The molecule has 1 aliphatic rings. The highest BCUT2D eigenvalue weighted by Crippen LogP contribution is 2.14. The molecule has 0 aromatic carbocycles. The number of aliphatic imine (C=N–C) groups is 1. The summed E-state index contributed by atoms with van der Waals surface area (Å²) in [4.78, 5) is 4.67. The molecule has 1 heterocycles. The van der Waals surface area contributed by atoms with Crippen molar-refractivity contribution in [3.8, 4) is 0 Å². The van der Waals surface area contributed by atoms with Gasteiger partial charge in [-0.05, 0) is 40.2 Å². The Kier molecular flexibility index (Phi) is 7.39. The highest BCUT2D eigenvalue weighted by atomic mass is 16.5. The summed E-state index contributed by atoms with van der Waals surface area (Å²) in [6.45, 7) is 18.1. The number of hydrogen-bond donors (Lipinski definition) is 1. The number of allylic oxidation sites excluding steroid dienone is 5. The summed E-state index contributed by atoms with van der Waals surface area (Å²) in [5, 5.41) is 3.38. The third-order valence-corrected chi connectivity index (χ3v) is 2.87. The average molecular weight is 316 g/mol. The van der Waals surface area contributed by atoms with Crippen LogP contribution >= 0.6 is 0 Å². The molecule has 0 amide bonds. The van der Waals surface area contributed by atoms with E-state index in [1.165, 1.54) is 0 Å². The Bertz CT molecular complexity index is 578. The minimum absolute atomic E-state index is 0.290. The maximum Gasteiger partial charge on any atom is 0.130 e. The lowest BCUT2D eigenvalue weighted by atomic mass is 10.2. The van der Waals surface area contributed by atoms with E-state index < -0.39 is 0 Å². The molecular formula is C19H28N2O2. The number of rotatable bonds is 8. The smallest absolute Gasteiger partial charge is 0.130 e. The fourth-order valence-corrected chi connectivity index (χ4v) is 2.03. The van der Waals surface area contributed by atoms with Crippen molar-refractivity contribution in [1.82, 2.24) is 5.32 Å². The van der Waals surface area contributed by atoms with Crippen LogP contribution in [0.15, 0.2) is 65.0 Å². The van der Waals surface area contributed by atoms with E-state index in [9.17, 15) is 0 Å². The molecule has 0 aromatic rings. The minimum atomic E-state index is 0.290. The molecule has 0 atom stereocenters. The van der Waals surface area contributed by atoms with Gasteiger partial charge in [0.15, 0.2) is 0 Å². The van der Waals surface area contributed by atoms with Crippen LogP contribution in [0.4, 0.5) is 0 Å². The molecule has 23 heavy (non-hydrogen) atoms. The van der Waals surface area contributed by atoms with Crippen molar-refractivity contribution in [1.29, 1.82) is 0 Å². The van der Waals surface area contributed by atoms with Gasteiger partial charge in [0.2, 0.25) is 0 Å². The first-order valence-corrected chi connectivity index (χ1v) is 7.90. The van der Waals surface area contributed by atoms with Crippen molar-refractivity contribution in [2.45, 2.75) is 47.1 Å². The first kappa shape index (κ1) is 18.8. The third-order valence-electron chi connectivity index (χ3n) is 2.87. The molecule has 126 valence electrons. The Morgan fingerprint density at radius 2 is 2.13 bits per heavy atom. The van der Waals surface area contributed by atoms with Gasteiger partial charge in [0, 0.05) is 29.6 Å². The Labute approximate surface area is 140 Å². The number of hydrogen-bond acceptors (Lipinski definition) is 4. The van der Waals surface area contributed by atoms with Crippen LogP contribution in [0.5, 0.6) is 0 Å².